The van der Waals surface area contributed by atoms with Gasteiger partial charge in [0.1, 0.15) is 11.3 Å². The van der Waals surface area contributed by atoms with Gasteiger partial charge in [-0.3, -0.25) is 0 Å². The van der Waals surface area contributed by atoms with Gasteiger partial charge in [-0.2, -0.15) is 0 Å². The number of furan rings is 1. The third-order valence-corrected chi connectivity index (χ3v) is 3.27. The van der Waals surface area contributed by atoms with Crippen molar-refractivity contribution >= 4 is 11.0 Å². The van der Waals surface area contributed by atoms with E-state index in [9.17, 15) is 0 Å². The first-order valence-corrected chi connectivity index (χ1v) is 6.25. The number of para-hydroxylation sites is 2. The Morgan fingerprint density at radius 3 is 2.74 bits per heavy atom. The molecule has 1 aromatic heterocycles. The van der Waals surface area contributed by atoms with Crippen molar-refractivity contribution in [1.29, 1.82) is 0 Å². The molecule has 1 atom stereocenters. The van der Waals surface area contributed by atoms with E-state index in [0.29, 0.717) is 12.4 Å². The van der Waals surface area contributed by atoms with Gasteiger partial charge in [0.2, 0.25) is 0 Å². The van der Waals surface area contributed by atoms with Crippen molar-refractivity contribution in [2.45, 2.75) is 12.9 Å². The van der Waals surface area contributed by atoms with Gasteiger partial charge >= 0.3 is 0 Å². The van der Waals surface area contributed by atoms with Gasteiger partial charge in [0.25, 0.3) is 6.29 Å². The third-order valence-electron chi connectivity index (χ3n) is 3.27. The lowest BCUT2D eigenvalue weighted by Gasteiger charge is -2.24. The molecule has 3 nitrogen and oxygen atoms in total. The van der Waals surface area contributed by atoms with Crippen LogP contribution in [0.15, 0.2) is 59.0 Å². The summed E-state index contributed by atoms with van der Waals surface area (Å²) in [4.78, 5) is 0. The fourth-order valence-electron chi connectivity index (χ4n) is 2.31. The quantitative estimate of drug-likeness (QED) is 0.655. The van der Waals surface area contributed by atoms with Crippen LogP contribution in [-0.2, 0) is 11.3 Å². The molecule has 0 spiro atoms. The molecule has 2 aromatic carbocycles. The molecule has 0 saturated carbocycles. The first kappa shape index (κ1) is 10.6. The second kappa shape index (κ2) is 4.14. The largest absolute Gasteiger partial charge is 0.457 e. The van der Waals surface area contributed by atoms with Crippen molar-refractivity contribution in [2.24, 2.45) is 0 Å². The summed E-state index contributed by atoms with van der Waals surface area (Å²) in [6, 6.07) is 17.8. The van der Waals surface area contributed by atoms with E-state index in [-0.39, 0.29) is 0 Å². The minimum atomic E-state index is -0.470. The Balaban J connectivity index is 1.70. The molecule has 4 rings (SSSR count). The molecule has 3 aromatic rings. The Morgan fingerprint density at radius 1 is 0.947 bits per heavy atom. The van der Waals surface area contributed by atoms with E-state index in [4.69, 9.17) is 13.9 Å². The predicted molar refractivity (Wildman–Crippen MR) is 70.8 cm³/mol. The molecule has 1 aliphatic heterocycles. The molecule has 0 fully saturated rings. The van der Waals surface area contributed by atoms with Crippen LogP contribution in [0, 0.1) is 0 Å². The highest BCUT2D eigenvalue weighted by atomic mass is 16.7. The van der Waals surface area contributed by atoms with E-state index in [1.54, 1.807) is 0 Å². The van der Waals surface area contributed by atoms with Crippen molar-refractivity contribution in [2.75, 3.05) is 0 Å². The number of fused-ring (bicyclic) bond motifs is 2. The number of ether oxygens (including phenoxy) is 2. The zero-order chi connectivity index (χ0) is 12.7. The number of rotatable bonds is 1. The number of hydrogen-bond donors (Lipinski definition) is 0. The molecular weight excluding hydrogens is 240 g/mol. The molecule has 2 heterocycles. The lowest BCUT2D eigenvalue weighted by atomic mass is 10.2. The lowest BCUT2D eigenvalue weighted by Crippen LogP contribution is -2.17. The lowest BCUT2D eigenvalue weighted by molar-refractivity contribution is -0.121. The zero-order valence-corrected chi connectivity index (χ0v) is 10.2. The maximum Gasteiger partial charge on any atom is 0.259 e. The Labute approximate surface area is 110 Å². The van der Waals surface area contributed by atoms with Crippen molar-refractivity contribution in [3.05, 3.63) is 65.9 Å². The minimum absolute atomic E-state index is 0.470. The molecule has 3 heteroatoms. The summed E-state index contributed by atoms with van der Waals surface area (Å²) in [5.74, 6) is 1.56. The summed E-state index contributed by atoms with van der Waals surface area (Å²) in [5.41, 5.74) is 1.92. The van der Waals surface area contributed by atoms with Gasteiger partial charge < -0.3 is 13.9 Å². The van der Waals surface area contributed by atoms with Crippen LogP contribution in [-0.4, -0.2) is 0 Å². The van der Waals surface area contributed by atoms with Crippen molar-refractivity contribution in [3.63, 3.8) is 0 Å². The van der Waals surface area contributed by atoms with E-state index in [2.05, 4.69) is 0 Å². The SMILES string of the molecule is c1ccc2c(c1)COC(c1cc3ccccc3o1)O2. The molecule has 0 radical (unpaired) electrons. The Hall–Kier alpha value is -2.26. The van der Waals surface area contributed by atoms with Gasteiger partial charge in [-0.05, 0) is 18.2 Å². The second-order valence-electron chi connectivity index (χ2n) is 4.56. The monoisotopic (exact) mass is 252 g/mol. The van der Waals surface area contributed by atoms with E-state index in [0.717, 1.165) is 22.3 Å². The average Bonchev–Trinajstić information content (AvgIpc) is 2.90. The van der Waals surface area contributed by atoms with Crippen molar-refractivity contribution < 1.29 is 13.9 Å². The highest BCUT2D eigenvalue weighted by Gasteiger charge is 2.24. The van der Waals surface area contributed by atoms with Crippen molar-refractivity contribution in [3.8, 4) is 5.75 Å². The molecule has 1 unspecified atom stereocenters. The van der Waals surface area contributed by atoms with Crippen LogP contribution in [0.4, 0.5) is 0 Å². The maximum atomic E-state index is 5.83. The molecule has 19 heavy (non-hydrogen) atoms. The average molecular weight is 252 g/mol. The minimum Gasteiger partial charge on any atom is -0.457 e. The van der Waals surface area contributed by atoms with Gasteiger partial charge in [0, 0.05) is 10.9 Å². The summed E-state index contributed by atoms with van der Waals surface area (Å²) >= 11 is 0. The summed E-state index contributed by atoms with van der Waals surface area (Å²) < 4.78 is 17.3. The summed E-state index contributed by atoms with van der Waals surface area (Å²) in [5, 5.41) is 1.06. The van der Waals surface area contributed by atoms with Crippen LogP contribution in [0.5, 0.6) is 5.75 Å². The van der Waals surface area contributed by atoms with E-state index >= 15 is 0 Å². The first-order chi connectivity index (χ1) is 9.40. The Morgan fingerprint density at radius 2 is 1.79 bits per heavy atom. The molecule has 0 aliphatic carbocycles. The first-order valence-electron chi connectivity index (χ1n) is 6.25. The highest BCUT2D eigenvalue weighted by Crippen LogP contribution is 2.34. The van der Waals surface area contributed by atoms with Crippen LogP contribution in [0.3, 0.4) is 0 Å². The Kier molecular flexibility index (Phi) is 2.32. The van der Waals surface area contributed by atoms with Crippen LogP contribution in [0.1, 0.15) is 17.6 Å². The molecule has 0 amide bonds. The molecular formula is C16H12O3. The van der Waals surface area contributed by atoms with Crippen LogP contribution in [0.25, 0.3) is 11.0 Å². The summed E-state index contributed by atoms with van der Waals surface area (Å²) in [6.07, 6.45) is -0.470. The van der Waals surface area contributed by atoms with Gasteiger partial charge in [-0.25, -0.2) is 0 Å². The number of hydrogen-bond acceptors (Lipinski definition) is 3. The van der Waals surface area contributed by atoms with Crippen LogP contribution >= 0.6 is 0 Å². The molecule has 0 N–H and O–H groups in total. The third kappa shape index (κ3) is 1.79. The molecule has 0 saturated heterocycles. The van der Waals surface area contributed by atoms with Crippen LogP contribution < -0.4 is 4.74 Å². The smallest absolute Gasteiger partial charge is 0.259 e. The Bertz CT molecular complexity index is 696. The number of benzene rings is 2. The fourth-order valence-corrected chi connectivity index (χ4v) is 2.31. The van der Waals surface area contributed by atoms with Gasteiger partial charge in [0.05, 0.1) is 6.61 Å². The topological polar surface area (TPSA) is 31.6 Å². The molecule has 94 valence electrons. The summed E-state index contributed by atoms with van der Waals surface area (Å²) in [7, 11) is 0. The normalized spacial score (nSPS) is 18.0. The summed E-state index contributed by atoms with van der Waals surface area (Å²) in [6.45, 7) is 0.540. The van der Waals surface area contributed by atoms with Gasteiger partial charge in [0.15, 0.2) is 5.76 Å². The predicted octanol–water partition coefficient (Wildman–Crippen LogP) is 4.04. The maximum absolute atomic E-state index is 5.83. The highest BCUT2D eigenvalue weighted by molar-refractivity contribution is 5.77. The zero-order valence-electron chi connectivity index (χ0n) is 10.2. The van der Waals surface area contributed by atoms with Crippen molar-refractivity contribution in [1.82, 2.24) is 0 Å². The van der Waals surface area contributed by atoms with E-state index in [1.807, 2.05) is 54.6 Å². The fraction of sp³-hybridized carbons (Fsp3) is 0.125. The van der Waals surface area contributed by atoms with Gasteiger partial charge in [-0.1, -0.05) is 36.4 Å². The molecule has 0 bridgehead atoms. The van der Waals surface area contributed by atoms with Crippen LogP contribution in [0.2, 0.25) is 0 Å². The standard InChI is InChI=1S/C16H12O3/c1-3-7-13-11(5-1)9-15(18-13)16-17-10-12-6-2-4-8-14(12)19-16/h1-9,16H,10H2. The van der Waals surface area contributed by atoms with Gasteiger partial charge in [-0.15, -0.1) is 0 Å². The second-order valence-corrected chi connectivity index (χ2v) is 4.56. The van der Waals surface area contributed by atoms with E-state index in [1.165, 1.54) is 0 Å². The van der Waals surface area contributed by atoms with E-state index < -0.39 is 6.29 Å². The molecule has 1 aliphatic rings.